The molecule has 1 N–H and O–H groups in total. The minimum absolute atomic E-state index is 0.305. The topological polar surface area (TPSA) is 89.4 Å². The summed E-state index contributed by atoms with van der Waals surface area (Å²) in [5.74, 6) is -0.416. The summed E-state index contributed by atoms with van der Waals surface area (Å²) >= 11 is 0. The molecule has 0 aliphatic carbocycles. The molecule has 0 unspecified atom stereocenters. The molecule has 4 aromatic rings. The third-order valence-corrected chi connectivity index (χ3v) is 6.33. The maximum Gasteiger partial charge on any atom is 0.417 e. The highest BCUT2D eigenvalue weighted by Gasteiger charge is 2.31. The predicted molar refractivity (Wildman–Crippen MR) is 139 cm³/mol. The number of alkyl halides is 3. The predicted octanol–water partition coefficient (Wildman–Crippen LogP) is 6.22. The van der Waals surface area contributed by atoms with Crippen LogP contribution in [0.4, 0.5) is 13.2 Å². The average Bonchev–Trinajstić information content (AvgIpc) is 3.44. The van der Waals surface area contributed by atoms with Crippen LogP contribution in [0.5, 0.6) is 0 Å². The van der Waals surface area contributed by atoms with Crippen LogP contribution in [0.2, 0.25) is 0 Å². The van der Waals surface area contributed by atoms with Gasteiger partial charge in [-0.25, -0.2) is 0 Å². The number of aryl methyl sites for hydroxylation is 1. The molecule has 198 valence electrons. The van der Waals surface area contributed by atoms with Gasteiger partial charge in [0.2, 0.25) is 0 Å². The minimum Gasteiger partial charge on any atom is -0.385 e. The molecule has 1 aliphatic rings. The number of nitrogens with one attached hydrogen (secondary N) is 1. The zero-order chi connectivity index (χ0) is 27.6. The Kier molecular flexibility index (Phi) is 7.10. The number of oxime groups is 1. The third kappa shape index (κ3) is 5.95. The Bertz CT molecular complexity index is 1510. The Balaban J connectivity index is 1.42. The molecule has 1 amide bonds. The standard InChI is InChI=1S/C29H24F3N5O2/c1-17-6-8-24(34-15-17)19-11-20(26-14-27(39-37-26)25-5-3-4-10-33-25)13-21(12-19)28(38)36-18(2)23-9-7-22(16-35-23)29(30,31)32/h3-13,15-16,18,27H,14H2,1-2H3,(H,36,38)/t18-,27+/m1/s1. The lowest BCUT2D eigenvalue weighted by molar-refractivity contribution is -0.137. The zero-order valence-corrected chi connectivity index (χ0v) is 21.1. The van der Waals surface area contributed by atoms with E-state index in [0.717, 1.165) is 23.5 Å². The van der Waals surface area contributed by atoms with E-state index in [1.165, 1.54) is 6.07 Å². The summed E-state index contributed by atoms with van der Waals surface area (Å²) in [6.07, 6.45) is -0.167. The third-order valence-electron chi connectivity index (χ3n) is 6.33. The first kappa shape index (κ1) is 26.0. The highest BCUT2D eigenvalue weighted by atomic mass is 19.4. The Labute approximate surface area is 222 Å². The van der Waals surface area contributed by atoms with Crippen molar-refractivity contribution in [2.75, 3.05) is 0 Å². The van der Waals surface area contributed by atoms with Crippen LogP contribution in [0.1, 0.15) is 63.9 Å². The molecule has 1 aromatic carbocycles. The number of amides is 1. The summed E-state index contributed by atoms with van der Waals surface area (Å²) in [5, 5.41) is 7.10. The van der Waals surface area contributed by atoms with Gasteiger partial charge in [0.25, 0.3) is 5.91 Å². The Morgan fingerprint density at radius 3 is 2.49 bits per heavy atom. The van der Waals surface area contributed by atoms with Gasteiger partial charge in [-0.15, -0.1) is 0 Å². The van der Waals surface area contributed by atoms with Gasteiger partial charge in [-0.3, -0.25) is 19.7 Å². The molecular formula is C29H24F3N5O2. The lowest BCUT2D eigenvalue weighted by atomic mass is 9.96. The van der Waals surface area contributed by atoms with Gasteiger partial charge >= 0.3 is 6.18 Å². The largest absolute Gasteiger partial charge is 0.417 e. The monoisotopic (exact) mass is 531 g/mol. The van der Waals surface area contributed by atoms with Crippen molar-refractivity contribution < 1.29 is 22.8 Å². The first-order chi connectivity index (χ1) is 18.7. The molecular weight excluding hydrogens is 507 g/mol. The summed E-state index contributed by atoms with van der Waals surface area (Å²) in [5.41, 5.74) is 4.28. The molecule has 0 fully saturated rings. The van der Waals surface area contributed by atoms with Crippen molar-refractivity contribution in [3.63, 3.8) is 0 Å². The lowest BCUT2D eigenvalue weighted by Crippen LogP contribution is -2.27. The fourth-order valence-electron chi connectivity index (χ4n) is 4.17. The van der Waals surface area contributed by atoms with Gasteiger partial charge in [-0.2, -0.15) is 13.2 Å². The second kappa shape index (κ2) is 10.6. The summed E-state index contributed by atoms with van der Waals surface area (Å²) in [6, 6.07) is 16.3. The molecule has 4 heterocycles. The van der Waals surface area contributed by atoms with E-state index in [1.807, 2.05) is 43.3 Å². The number of hydrogen-bond acceptors (Lipinski definition) is 6. The normalized spacial score (nSPS) is 15.8. The van der Waals surface area contributed by atoms with E-state index in [1.54, 1.807) is 31.5 Å². The van der Waals surface area contributed by atoms with Crippen molar-refractivity contribution >= 4 is 11.6 Å². The van der Waals surface area contributed by atoms with Crippen molar-refractivity contribution in [3.05, 3.63) is 113 Å². The fraction of sp³-hybridized carbons (Fsp3) is 0.207. The molecule has 2 atom stereocenters. The van der Waals surface area contributed by atoms with E-state index in [2.05, 4.69) is 25.4 Å². The molecule has 10 heteroatoms. The Morgan fingerprint density at radius 2 is 1.82 bits per heavy atom. The number of carbonyl (C=O) groups excluding carboxylic acids is 1. The molecule has 3 aromatic heterocycles. The molecule has 5 rings (SSSR count). The van der Waals surface area contributed by atoms with Gasteiger partial charge in [-0.1, -0.05) is 17.3 Å². The summed E-state index contributed by atoms with van der Waals surface area (Å²) < 4.78 is 38.7. The Hall–Kier alpha value is -4.60. The number of pyridine rings is 3. The first-order valence-corrected chi connectivity index (χ1v) is 12.2. The quantitative estimate of drug-likeness (QED) is 0.319. The number of rotatable bonds is 6. The zero-order valence-electron chi connectivity index (χ0n) is 21.1. The van der Waals surface area contributed by atoms with E-state index in [-0.39, 0.29) is 6.10 Å². The van der Waals surface area contributed by atoms with Crippen LogP contribution in [-0.4, -0.2) is 26.6 Å². The SMILES string of the molecule is Cc1ccc(-c2cc(C(=O)N[C@H](C)c3ccc(C(F)(F)F)cn3)cc(C3=NO[C@H](c4ccccn4)C3)c2)nc1. The average molecular weight is 532 g/mol. The van der Waals surface area contributed by atoms with Gasteiger partial charge in [0.1, 0.15) is 0 Å². The summed E-state index contributed by atoms with van der Waals surface area (Å²) in [4.78, 5) is 31.7. The molecule has 39 heavy (non-hydrogen) atoms. The summed E-state index contributed by atoms with van der Waals surface area (Å²) in [7, 11) is 0. The molecule has 0 saturated heterocycles. The highest BCUT2D eigenvalue weighted by Crippen LogP contribution is 2.31. The molecule has 1 aliphatic heterocycles. The molecule has 0 saturated carbocycles. The Morgan fingerprint density at radius 1 is 1.00 bits per heavy atom. The van der Waals surface area contributed by atoms with Gasteiger partial charge < -0.3 is 10.2 Å². The van der Waals surface area contributed by atoms with Crippen molar-refractivity contribution in [1.29, 1.82) is 0 Å². The van der Waals surface area contributed by atoms with E-state index < -0.39 is 23.7 Å². The van der Waals surface area contributed by atoms with Crippen molar-refractivity contribution in [3.8, 4) is 11.3 Å². The number of aromatic nitrogens is 3. The van der Waals surface area contributed by atoms with Crippen LogP contribution < -0.4 is 5.32 Å². The fourth-order valence-corrected chi connectivity index (χ4v) is 4.17. The molecule has 7 nitrogen and oxygen atoms in total. The smallest absolute Gasteiger partial charge is 0.385 e. The number of carbonyl (C=O) groups is 1. The van der Waals surface area contributed by atoms with Crippen LogP contribution in [0.3, 0.4) is 0 Å². The van der Waals surface area contributed by atoms with E-state index >= 15 is 0 Å². The van der Waals surface area contributed by atoms with Gasteiger partial charge in [-0.05, 0) is 67.9 Å². The first-order valence-electron chi connectivity index (χ1n) is 12.2. The van der Waals surface area contributed by atoms with Crippen LogP contribution in [0.15, 0.2) is 84.4 Å². The lowest BCUT2D eigenvalue weighted by Gasteiger charge is -2.16. The number of halogens is 3. The molecule has 0 spiro atoms. The van der Waals surface area contributed by atoms with E-state index in [9.17, 15) is 18.0 Å². The number of benzene rings is 1. The second-order valence-corrected chi connectivity index (χ2v) is 9.28. The van der Waals surface area contributed by atoms with Crippen molar-refractivity contribution in [2.24, 2.45) is 5.16 Å². The molecule has 0 bridgehead atoms. The van der Waals surface area contributed by atoms with Gasteiger partial charge in [0, 0.05) is 41.7 Å². The van der Waals surface area contributed by atoms with Crippen LogP contribution in [-0.2, 0) is 11.0 Å². The van der Waals surface area contributed by atoms with Crippen molar-refractivity contribution in [1.82, 2.24) is 20.3 Å². The van der Waals surface area contributed by atoms with E-state index in [0.29, 0.717) is 40.2 Å². The van der Waals surface area contributed by atoms with Crippen LogP contribution in [0.25, 0.3) is 11.3 Å². The maximum atomic E-state index is 13.3. The van der Waals surface area contributed by atoms with Gasteiger partial charge in [0.05, 0.1) is 34.4 Å². The van der Waals surface area contributed by atoms with Crippen LogP contribution in [0, 0.1) is 6.92 Å². The number of hydrogen-bond donors (Lipinski definition) is 1. The van der Waals surface area contributed by atoms with Crippen molar-refractivity contribution in [2.45, 2.75) is 38.6 Å². The summed E-state index contributed by atoms with van der Waals surface area (Å²) in [6.45, 7) is 3.59. The highest BCUT2D eigenvalue weighted by molar-refractivity contribution is 6.05. The van der Waals surface area contributed by atoms with Crippen LogP contribution >= 0.6 is 0 Å². The second-order valence-electron chi connectivity index (χ2n) is 9.28. The maximum absolute atomic E-state index is 13.3. The molecule has 0 radical (unpaired) electrons. The number of nitrogens with zero attached hydrogens (tertiary/aromatic N) is 4. The van der Waals surface area contributed by atoms with E-state index in [4.69, 9.17) is 4.84 Å². The minimum atomic E-state index is -4.48. The van der Waals surface area contributed by atoms with Gasteiger partial charge in [0.15, 0.2) is 6.10 Å².